The second kappa shape index (κ2) is 8.32. The van der Waals surface area contributed by atoms with Crippen molar-refractivity contribution in [1.82, 2.24) is 23.8 Å². The number of aromatic amines is 1. The van der Waals surface area contributed by atoms with Crippen molar-refractivity contribution < 1.29 is 18.4 Å². The van der Waals surface area contributed by atoms with Crippen molar-refractivity contribution in [3.63, 3.8) is 0 Å². The number of carbonyl (C=O) groups is 2. The van der Waals surface area contributed by atoms with E-state index in [9.17, 15) is 23.2 Å². The number of fused-ring (bicyclic) bond motifs is 2. The highest BCUT2D eigenvalue weighted by atomic mass is 19.1. The number of nitrogens with zero attached hydrogens (tertiary/aromatic N) is 4. The Labute approximate surface area is 197 Å². The molecule has 0 aliphatic rings. The summed E-state index contributed by atoms with van der Waals surface area (Å²) in [5.74, 6) is -2.95. The van der Waals surface area contributed by atoms with Crippen LogP contribution in [0.1, 0.15) is 32.0 Å². The molecule has 1 amide bonds. The van der Waals surface area contributed by atoms with E-state index in [4.69, 9.17) is 0 Å². The molecule has 0 spiro atoms. The van der Waals surface area contributed by atoms with Crippen molar-refractivity contribution in [2.45, 2.75) is 6.54 Å². The van der Waals surface area contributed by atoms with Gasteiger partial charge in [0.05, 0.1) is 17.8 Å². The van der Waals surface area contributed by atoms with E-state index in [-0.39, 0.29) is 28.9 Å². The van der Waals surface area contributed by atoms with E-state index in [1.165, 1.54) is 27.9 Å². The Morgan fingerprint density at radius 3 is 2.54 bits per heavy atom. The molecular weight excluding hydrogens is 456 g/mol. The highest BCUT2D eigenvalue weighted by molar-refractivity contribution is 6.16. The highest BCUT2D eigenvalue weighted by Crippen LogP contribution is 2.22. The monoisotopic (exact) mass is 475 g/mol. The lowest BCUT2D eigenvalue weighted by molar-refractivity contribution is 0.0827. The van der Waals surface area contributed by atoms with Gasteiger partial charge in [0, 0.05) is 55.4 Å². The summed E-state index contributed by atoms with van der Waals surface area (Å²) in [4.78, 5) is 46.8. The molecule has 0 unspecified atom stereocenters. The Hall–Kier alpha value is -4.60. The van der Waals surface area contributed by atoms with Crippen molar-refractivity contribution in [1.29, 1.82) is 0 Å². The molecule has 0 aliphatic heterocycles. The van der Waals surface area contributed by atoms with Crippen LogP contribution in [0.2, 0.25) is 0 Å². The van der Waals surface area contributed by atoms with E-state index in [0.717, 1.165) is 12.1 Å². The Morgan fingerprint density at radius 1 is 1.09 bits per heavy atom. The highest BCUT2D eigenvalue weighted by Gasteiger charge is 2.22. The number of rotatable bonds is 5. The third-order valence-electron chi connectivity index (χ3n) is 5.75. The van der Waals surface area contributed by atoms with Gasteiger partial charge in [0.1, 0.15) is 22.8 Å². The number of carbonyl (C=O) groups excluding carboxylic acids is 2. The first-order valence-electron chi connectivity index (χ1n) is 10.6. The lowest BCUT2D eigenvalue weighted by atomic mass is 10.0. The minimum absolute atomic E-state index is 0.000862. The quantitative estimate of drug-likeness (QED) is 0.395. The van der Waals surface area contributed by atoms with Crippen molar-refractivity contribution >= 4 is 28.2 Å². The minimum Gasteiger partial charge on any atom is -0.356 e. The van der Waals surface area contributed by atoms with Crippen LogP contribution >= 0.6 is 0 Å². The van der Waals surface area contributed by atoms with Crippen molar-refractivity contribution in [2.24, 2.45) is 0 Å². The molecule has 4 heterocycles. The molecule has 0 fully saturated rings. The number of benzene rings is 1. The van der Waals surface area contributed by atoms with E-state index < -0.39 is 28.5 Å². The standard InChI is InChI=1S/C25H19F2N5O3/c1-30(2)24(34)14-6-8-31-12-15(29-20(31)10-14)13-32-9-7-16-17(11-28-22(16)25(32)35)23(33)21-18(26)4-3-5-19(21)27/h3-12,28H,13H2,1-2H3. The molecule has 35 heavy (non-hydrogen) atoms. The molecular formula is C25H19F2N5O3. The number of imidazole rings is 1. The number of halogens is 2. The maximum Gasteiger partial charge on any atom is 0.275 e. The molecule has 1 aromatic carbocycles. The molecule has 0 atom stereocenters. The summed E-state index contributed by atoms with van der Waals surface area (Å²) in [6.45, 7) is 0.137. The summed E-state index contributed by atoms with van der Waals surface area (Å²) < 4.78 is 31.4. The lowest BCUT2D eigenvalue weighted by Crippen LogP contribution is -2.21. The molecule has 0 radical (unpaired) electrons. The zero-order chi connectivity index (χ0) is 24.9. The third-order valence-corrected chi connectivity index (χ3v) is 5.75. The number of hydrogen-bond acceptors (Lipinski definition) is 4. The van der Waals surface area contributed by atoms with Crippen LogP contribution in [0, 0.1) is 11.6 Å². The largest absolute Gasteiger partial charge is 0.356 e. The van der Waals surface area contributed by atoms with Gasteiger partial charge in [-0.1, -0.05) is 6.07 Å². The first-order valence-corrected chi connectivity index (χ1v) is 10.6. The fraction of sp³-hybridized carbons (Fsp3) is 0.120. The van der Waals surface area contributed by atoms with Crippen LogP contribution in [0.5, 0.6) is 0 Å². The Morgan fingerprint density at radius 2 is 1.83 bits per heavy atom. The fourth-order valence-electron chi connectivity index (χ4n) is 4.00. The number of ketones is 1. The number of nitrogens with one attached hydrogen (secondary N) is 1. The number of pyridine rings is 2. The zero-order valence-corrected chi connectivity index (χ0v) is 18.8. The van der Waals surface area contributed by atoms with Gasteiger partial charge in [0.25, 0.3) is 11.5 Å². The number of amides is 1. The van der Waals surface area contributed by atoms with Crippen LogP contribution in [-0.2, 0) is 6.54 Å². The van der Waals surface area contributed by atoms with Crippen molar-refractivity contribution in [3.05, 3.63) is 106 Å². The van der Waals surface area contributed by atoms with Gasteiger partial charge in [0.15, 0.2) is 0 Å². The predicted octanol–water partition coefficient (Wildman–Crippen LogP) is 3.24. The second-order valence-corrected chi connectivity index (χ2v) is 8.28. The summed E-state index contributed by atoms with van der Waals surface area (Å²) >= 11 is 0. The summed E-state index contributed by atoms with van der Waals surface area (Å²) in [6.07, 6.45) is 6.25. The molecule has 0 bridgehead atoms. The van der Waals surface area contributed by atoms with E-state index in [1.54, 1.807) is 49.1 Å². The molecule has 0 saturated carbocycles. The molecule has 5 aromatic rings. The molecule has 1 N–H and O–H groups in total. The first kappa shape index (κ1) is 22.2. The van der Waals surface area contributed by atoms with E-state index in [0.29, 0.717) is 16.9 Å². The number of hydrogen-bond donors (Lipinski definition) is 1. The molecule has 176 valence electrons. The van der Waals surface area contributed by atoms with E-state index in [1.807, 2.05) is 0 Å². The summed E-state index contributed by atoms with van der Waals surface area (Å²) in [7, 11) is 3.33. The van der Waals surface area contributed by atoms with Gasteiger partial charge in [-0.15, -0.1) is 0 Å². The van der Waals surface area contributed by atoms with Gasteiger partial charge in [-0.25, -0.2) is 13.8 Å². The molecule has 5 rings (SSSR count). The molecule has 0 aliphatic carbocycles. The van der Waals surface area contributed by atoms with Crippen molar-refractivity contribution in [2.75, 3.05) is 14.1 Å². The van der Waals surface area contributed by atoms with Crippen LogP contribution in [-0.4, -0.2) is 49.6 Å². The normalized spacial score (nSPS) is 11.3. The van der Waals surface area contributed by atoms with Crippen LogP contribution in [0.15, 0.2) is 66.0 Å². The zero-order valence-electron chi connectivity index (χ0n) is 18.8. The SMILES string of the molecule is CN(C)C(=O)c1ccn2cc(Cn3ccc4c(C(=O)c5c(F)cccc5F)c[nH]c4c3=O)nc2c1. The molecule has 4 aromatic heterocycles. The number of H-pyrrole nitrogens is 1. The van der Waals surface area contributed by atoms with Crippen LogP contribution in [0.3, 0.4) is 0 Å². The summed E-state index contributed by atoms with van der Waals surface area (Å²) in [5.41, 5.74) is 0.673. The van der Waals surface area contributed by atoms with Gasteiger partial charge in [-0.2, -0.15) is 0 Å². The molecule has 8 nitrogen and oxygen atoms in total. The van der Waals surface area contributed by atoms with Gasteiger partial charge in [-0.05, 0) is 30.3 Å². The smallest absolute Gasteiger partial charge is 0.275 e. The lowest BCUT2D eigenvalue weighted by Gasteiger charge is -2.09. The van der Waals surface area contributed by atoms with Gasteiger partial charge < -0.3 is 18.9 Å². The number of aromatic nitrogens is 4. The molecule has 10 heteroatoms. The summed E-state index contributed by atoms with van der Waals surface area (Å²) in [5, 5.41) is 0.265. The fourth-order valence-corrected chi connectivity index (χ4v) is 4.00. The average Bonchev–Trinajstić information content (AvgIpc) is 3.43. The maximum atomic E-state index is 14.1. The van der Waals surface area contributed by atoms with Gasteiger partial charge in [0.2, 0.25) is 5.78 Å². The second-order valence-electron chi connectivity index (χ2n) is 8.28. The minimum atomic E-state index is -0.972. The Balaban J connectivity index is 1.48. The van der Waals surface area contributed by atoms with Crippen LogP contribution < -0.4 is 5.56 Å². The van der Waals surface area contributed by atoms with E-state index in [2.05, 4.69) is 9.97 Å². The Bertz CT molecular complexity index is 1680. The predicted molar refractivity (Wildman–Crippen MR) is 125 cm³/mol. The van der Waals surface area contributed by atoms with Gasteiger partial charge >= 0.3 is 0 Å². The van der Waals surface area contributed by atoms with Crippen LogP contribution in [0.25, 0.3) is 16.6 Å². The van der Waals surface area contributed by atoms with Crippen molar-refractivity contribution in [3.8, 4) is 0 Å². The maximum absolute atomic E-state index is 14.1. The Kier molecular flexibility index (Phi) is 5.28. The van der Waals surface area contributed by atoms with E-state index >= 15 is 0 Å². The van der Waals surface area contributed by atoms with Gasteiger partial charge in [-0.3, -0.25) is 14.4 Å². The van der Waals surface area contributed by atoms with Crippen LogP contribution in [0.4, 0.5) is 8.78 Å². The first-order chi connectivity index (χ1) is 16.7. The topological polar surface area (TPSA) is 92.5 Å². The molecule has 0 saturated heterocycles. The summed E-state index contributed by atoms with van der Waals surface area (Å²) in [6, 6.07) is 8.09. The average molecular weight is 475 g/mol. The third kappa shape index (κ3) is 3.78.